The normalized spacial score (nSPS) is 13.8. The summed E-state index contributed by atoms with van der Waals surface area (Å²) in [6, 6.07) is 14.8. The number of carbonyl (C=O) groups is 1. The molecule has 4 nitrogen and oxygen atoms in total. The van der Waals surface area contributed by atoms with Gasteiger partial charge in [-0.2, -0.15) is 0 Å². The second-order valence-electron chi connectivity index (χ2n) is 4.19. The van der Waals surface area contributed by atoms with Gasteiger partial charge in [0, 0.05) is 0 Å². The summed E-state index contributed by atoms with van der Waals surface area (Å²) < 4.78 is 0. The van der Waals surface area contributed by atoms with Crippen LogP contribution >= 0.6 is 0 Å². The minimum absolute atomic E-state index is 0.00928. The second kappa shape index (κ2) is 5.65. The Labute approximate surface area is 110 Å². The molecule has 4 heteroatoms. The van der Waals surface area contributed by atoms with Crippen LogP contribution < -0.4 is 0 Å². The van der Waals surface area contributed by atoms with Crippen molar-refractivity contribution < 1.29 is 20.1 Å². The van der Waals surface area contributed by atoms with Crippen LogP contribution in [0.3, 0.4) is 0 Å². The van der Waals surface area contributed by atoms with E-state index in [0.29, 0.717) is 5.56 Å². The molecule has 0 amide bonds. The van der Waals surface area contributed by atoms with Crippen LogP contribution in [0, 0.1) is 0 Å². The fourth-order valence-electron chi connectivity index (χ4n) is 1.95. The Morgan fingerprint density at radius 2 is 1.42 bits per heavy atom. The van der Waals surface area contributed by atoms with E-state index in [1.807, 2.05) is 0 Å². The summed E-state index contributed by atoms with van der Waals surface area (Å²) in [5.41, 5.74) is 0.728. The molecule has 2 aromatic rings. The van der Waals surface area contributed by atoms with Gasteiger partial charge in [-0.05, 0) is 17.2 Å². The second-order valence-corrected chi connectivity index (χ2v) is 4.19. The number of aromatic carboxylic acids is 1. The molecule has 0 spiro atoms. The van der Waals surface area contributed by atoms with Crippen LogP contribution in [0.25, 0.3) is 0 Å². The average molecular weight is 258 g/mol. The summed E-state index contributed by atoms with van der Waals surface area (Å²) in [4.78, 5) is 11.1. The number of hydrogen-bond acceptors (Lipinski definition) is 3. The molecule has 0 saturated carbocycles. The minimum atomic E-state index is -1.28. The first-order valence-electron chi connectivity index (χ1n) is 5.84. The Kier molecular flexibility index (Phi) is 3.94. The van der Waals surface area contributed by atoms with Crippen LogP contribution in [0.4, 0.5) is 0 Å². The molecule has 2 atom stereocenters. The summed E-state index contributed by atoms with van der Waals surface area (Å²) in [5, 5.41) is 29.3. The monoisotopic (exact) mass is 258 g/mol. The summed E-state index contributed by atoms with van der Waals surface area (Å²) in [5.74, 6) is -1.13. The lowest BCUT2D eigenvalue weighted by Gasteiger charge is -2.20. The fourth-order valence-corrected chi connectivity index (χ4v) is 1.95. The molecular weight excluding hydrogens is 244 g/mol. The number of hydrogen-bond donors (Lipinski definition) is 3. The van der Waals surface area contributed by atoms with Crippen LogP contribution in [-0.2, 0) is 0 Å². The largest absolute Gasteiger partial charge is 0.478 e. The van der Waals surface area contributed by atoms with Gasteiger partial charge in [0.1, 0.15) is 12.2 Å². The Morgan fingerprint density at radius 1 is 0.842 bits per heavy atom. The van der Waals surface area contributed by atoms with Crippen LogP contribution in [0.1, 0.15) is 33.7 Å². The third-order valence-corrected chi connectivity index (χ3v) is 2.95. The number of aliphatic hydroxyl groups excluding tert-OH is 2. The van der Waals surface area contributed by atoms with Crippen molar-refractivity contribution in [1.82, 2.24) is 0 Å². The molecule has 19 heavy (non-hydrogen) atoms. The molecule has 0 aliphatic carbocycles. The van der Waals surface area contributed by atoms with Crippen molar-refractivity contribution in [3.63, 3.8) is 0 Å². The maximum Gasteiger partial charge on any atom is 0.336 e. The van der Waals surface area contributed by atoms with Crippen molar-refractivity contribution in [2.24, 2.45) is 0 Å². The highest BCUT2D eigenvalue weighted by molar-refractivity contribution is 5.89. The van der Waals surface area contributed by atoms with Gasteiger partial charge in [0.15, 0.2) is 0 Å². The molecule has 0 aliphatic rings. The highest BCUT2D eigenvalue weighted by atomic mass is 16.4. The molecule has 2 aromatic carbocycles. The third-order valence-electron chi connectivity index (χ3n) is 2.95. The fraction of sp³-hybridized carbons (Fsp3) is 0.133. The van der Waals surface area contributed by atoms with E-state index < -0.39 is 18.2 Å². The molecule has 0 radical (unpaired) electrons. The van der Waals surface area contributed by atoms with Crippen LogP contribution in [0.15, 0.2) is 54.6 Å². The van der Waals surface area contributed by atoms with E-state index in [2.05, 4.69) is 0 Å². The third kappa shape index (κ3) is 2.81. The lowest BCUT2D eigenvalue weighted by atomic mass is 9.95. The van der Waals surface area contributed by atoms with Gasteiger partial charge in [0.2, 0.25) is 0 Å². The van der Waals surface area contributed by atoms with Crippen molar-refractivity contribution in [2.75, 3.05) is 0 Å². The van der Waals surface area contributed by atoms with E-state index in [1.54, 1.807) is 42.5 Å². The maximum atomic E-state index is 11.1. The van der Waals surface area contributed by atoms with Crippen molar-refractivity contribution >= 4 is 5.97 Å². The van der Waals surface area contributed by atoms with Crippen molar-refractivity contribution in [2.45, 2.75) is 12.2 Å². The van der Waals surface area contributed by atoms with Crippen molar-refractivity contribution in [1.29, 1.82) is 0 Å². The molecular formula is C15H14O4. The van der Waals surface area contributed by atoms with Gasteiger partial charge in [0.05, 0.1) is 5.56 Å². The first-order chi connectivity index (χ1) is 9.11. The molecule has 2 rings (SSSR count). The zero-order valence-electron chi connectivity index (χ0n) is 10.1. The quantitative estimate of drug-likeness (QED) is 0.785. The van der Waals surface area contributed by atoms with E-state index in [1.165, 1.54) is 12.1 Å². The van der Waals surface area contributed by atoms with E-state index >= 15 is 0 Å². The van der Waals surface area contributed by atoms with Gasteiger partial charge in [0.25, 0.3) is 0 Å². The Balaban J connectivity index is 2.34. The highest BCUT2D eigenvalue weighted by Gasteiger charge is 2.24. The summed E-state index contributed by atoms with van der Waals surface area (Å²) in [6.45, 7) is 0. The van der Waals surface area contributed by atoms with Gasteiger partial charge in [-0.3, -0.25) is 0 Å². The van der Waals surface area contributed by atoms with Crippen molar-refractivity contribution in [3.8, 4) is 0 Å². The molecule has 0 heterocycles. The number of aliphatic hydroxyl groups is 2. The van der Waals surface area contributed by atoms with Gasteiger partial charge < -0.3 is 15.3 Å². The van der Waals surface area contributed by atoms with Gasteiger partial charge >= 0.3 is 5.97 Å². The first-order valence-corrected chi connectivity index (χ1v) is 5.84. The molecule has 3 N–H and O–H groups in total. The van der Waals surface area contributed by atoms with Gasteiger partial charge in [-0.1, -0.05) is 48.5 Å². The predicted octanol–water partition coefficient (Wildman–Crippen LogP) is 2.15. The van der Waals surface area contributed by atoms with Crippen molar-refractivity contribution in [3.05, 3.63) is 71.3 Å². The topological polar surface area (TPSA) is 77.8 Å². The van der Waals surface area contributed by atoms with Gasteiger partial charge in [-0.15, -0.1) is 0 Å². The molecule has 0 saturated heterocycles. The molecule has 0 bridgehead atoms. The van der Waals surface area contributed by atoms with E-state index in [9.17, 15) is 15.0 Å². The SMILES string of the molecule is O=C(O)c1ccccc1C(O)C(O)c1ccccc1. The molecule has 98 valence electrons. The van der Waals surface area contributed by atoms with Gasteiger partial charge in [-0.25, -0.2) is 4.79 Å². The zero-order valence-corrected chi connectivity index (χ0v) is 10.1. The molecule has 2 unspecified atom stereocenters. The lowest BCUT2D eigenvalue weighted by molar-refractivity contribution is 0.0162. The smallest absolute Gasteiger partial charge is 0.336 e. The summed E-state index contributed by atoms with van der Waals surface area (Å²) in [7, 11) is 0. The zero-order chi connectivity index (χ0) is 13.8. The number of carboxylic acids is 1. The summed E-state index contributed by atoms with van der Waals surface area (Å²) >= 11 is 0. The van der Waals surface area contributed by atoms with Crippen LogP contribution in [0.2, 0.25) is 0 Å². The Morgan fingerprint density at radius 3 is 2.05 bits per heavy atom. The summed E-state index contributed by atoms with van der Waals surface area (Å²) in [6.07, 6.45) is -2.45. The maximum absolute atomic E-state index is 11.1. The Bertz CT molecular complexity index is 565. The van der Waals surface area contributed by atoms with Crippen LogP contribution in [0.5, 0.6) is 0 Å². The van der Waals surface area contributed by atoms with E-state index in [-0.39, 0.29) is 11.1 Å². The highest BCUT2D eigenvalue weighted by Crippen LogP contribution is 2.30. The average Bonchev–Trinajstić information content (AvgIpc) is 2.46. The number of rotatable bonds is 4. The van der Waals surface area contributed by atoms with E-state index in [0.717, 1.165) is 0 Å². The van der Waals surface area contributed by atoms with E-state index in [4.69, 9.17) is 5.11 Å². The first kappa shape index (κ1) is 13.3. The molecule has 0 aromatic heterocycles. The number of benzene rings is 2. The number of carboxylic acid groups (broad SMARTS) is 1. The standard InChI is InChI=1S/C15H14O4/c16-13(10-6-2-1-3-7-10)14(17)11-8-4-5-9-12(11)15(18)19/h1-9,13-14,16-17H,(H,18,19). The molecule has 0 aliphatic heterocycles. The minimum Gasteiger partial charge on any atom is -0.478 e. The predicted molar refractivity (Wildman–Crippen MR) is 69.8 cm³/mol. The Hall–Kier alpha value is -2.17. The molecule has 0 fully saturated rings. The van der Waals surface area contributed by atoms with Crippen LogP contribution in [-0.4, -0.2) is 21.3 Å². The lowest BCUT2D eigenvalue weighted by Crippen LogP contribution is -2.14.